The molecule has 24 heavy (non-hydrogen) atoms. The number of esters is 1. The number of fused-ring (bicyclic) bond motifs is 1. The monoisotopic (exact) mass is 362 g/mol. The van der Waals surface area contributed by atoms with Gasteiger partial charge in [-0.3, -0.25) is 9.59 Å². The number of rotatable bonds is 4. The highest BCUT2D eigenvalue weighted by atomic mass is 32.2. The molecule has 0 saturated heterocycles. The molecular formula is C16H14N2O4S2. The Bertz CT molecular complexity index is 918. The zero-order valence-corrected chi connectivity index (χ0v) is 14.7. The maximum atomic E-state index is 11.9. The van der Waals surface area contributed by atoms with Crippen LogP contribution in [0.25, 0.3) is 10.2 Å². The van der Waals surface area contributed by atoms with Gasteiger partial charge in [-0.15, -0.1) is 6.42 Å². The number of benzene rings is 1. The first kappa shape index (κ1) is 18.0. The van der Waals surface area contributed by atoms with Crippen molar-refractivity contribution in [2.75, 3.05) is 12.9 Å². The van der Waals surface area contributed by atoms with Crippen LogP contribution in [0.4, 0.5) is 0 Å². The summed E-state index contributed by atoms with van der Waals surface area (Å²) in [6, 6.07) is 5.04. The number of hydrogen-bond donors (Lipinski definition) is 0. The van der Waals surface area contributed by atoms with Crippen molar-refractivity contribution in [3.63, 3.8) is 0 Å². The molecule has 0 atom stereocenters. The van der Waals surface area contributed by atoms with E-state index >= 15 is 0 Å². The van der Waals surface area contributed by atoms with E-state index in [4.69, 9.17) is 11.2 Å². The van der Waals surface area contributed by atoms with Gasteiger partial charge in [-0.2, -0.15) is 4.99 Å². The van der Waals surface area contributed by atoms with Crippen LogP contribution >= 0.6 is 23.1 Å². The van der Waals surface area contributed by atoms with Gasteiger partial charge in [0, 0.05) is 6.92 Å². The summed E-state index contributed by atoms with van der Waals surface area (Å²) >= 11 is 2.15. The fourth-order valence-electron chi connectivity index (χ4n) is 1.95. The summed E-state index contributed by atoms with van der Waals surface area (Å²) in [5, 5.41) is -0.144. The van der Waals surface area contributed by atoms with Crippen LogP contribution < -0.4 is 4.80 Å². The molecule has 1 aromatic heterocycles. The average molecular weight is 362 g/mol. The molecular weight excluding hydrogens is 348 g/mol. The smallest absolute Gasteiger partial charge is 0.337 e. The van der Waals surface area contributed by atoms with Gasteiger partial charge in [0.25, 0.3) is 5.91 Å². The number of methoxy groups -OCH3 is 1. The Morgan fingerprint density at radius 2 is 2.17 bits per heavy atom. The van der Waals surface area contributed by atoms with E-state index in [1.165, 1.54) is 25.4 Å². The fourth-order valence-corrected chi connectivity index (χ4v) is 3.43. The number of hydrogen-bond acceptors (Lipinski definition) is 6. The lowest BCUT2D eigenvalue weighted by Crippen LogP contribution is -2.17. The first-order valence-electron chi connectivity index (χ1n) is 6.82. The summed E-state index contributed by atoms with van der Waals surface area (Å²) < 4.78 is 7.19. The molecule has 0 aliphatic heterocycles. The third-order valence-corrected chi connectivity index (χ3v) is 4.81. The number of thiazole rings is 1. The second-order valence-corrected chi connectivity index (χ2v) is 6.80. The van der Waals surface area contributed by atoms with Crippen molar-refractivity contribution in [1.82, 2.24) is 4.57 Å². The number of carbonyl (C=O) groups is 3. The molecule has 0 unspecified atom stereocenters. The Hall–Kier alpha value is -2.37. The van der Waals surface area contributed by atoms with Gasteiger partial charge in [-0.1, -0.05) is 29.0 Å². The largest absolute Gasteiger partial charge is 0.465 e. The lowest BCUT2D eigenvalue weighted by atomic mass is 10.2. The van der Waals surface area contributed by atoms with Crippen LogP contribution in [0.15, 0.2) is 23.2 Å². The van der Waals surface area contributed by atoms with Crippen molar-refractivity contribution in [3.8, 4) is 12.3 Å². The minimum atomic E-state index is -0.443. The lowest BCUT2D eigenvalue weighted by Gasteiger charge is -2.01. The molecule has 0 bridgehead atoms. The molecule has 0 aliphatic rings. The van der Waals surface area contributed by atoms with E-state index in [9.17, 15) is 14.4 Å². The van der Waals surface area contributed by atoms with Gasteiger partial charge in [-0.05, 0) is 18.2 Å². The SMILES string of the molecule is C#CCn1c(=NC(=O)CSC(C)=O)sc2cc(C(=O)OC)ccc21. The highest BCUT2D eigenvalue weighted by Crippen LogP contribution is 2.20. The molecule has 1 aromatic carbocycles. The number of amides is 1. The first-order valence-corrected chi connectivity index (χ1v) is 8.62. The Kier molecular flexibility index (Phi) is 5.95. The maximum absolute atomic E-state index is 11.9. The molecule has 6 nitrogen and oxygen atoms in total. The van der Waals surface area contributed by atoms with E-state index in [-0.39, 0.29) is 17.4 Å². The molecule has 2 rings (SSSR count). The summed E-state index contributed by atoms with van der Waals surface area (Å²) in [6.07, 6.45) is 5.39. The maximum Gasteiger partial charge on any atom is 0.337 e. The van der Waals surface area contributed by atoms with E-state index in [2.05, 4.69) is 10.9 Å². The zero-order valence-electron chi connectivity index (χ0n) is 13.1. The first-order chi connectivity index (χ1) is 11.5. The normalized spacial score (nSPS) is 11.3. The molecule has 1 heterocycles. The molecule has 0 radical (unpaired) electrons. The van der Waals surface area contributed by atoms with Crippen molar-refractivity contribution in [1.29, 1.82) is 0 Å². The van der Waals surface area contributed by atoms with E-state index < -0.39 is 11.9 Å². The molecule has 0 spiro atoms. The second-order valence-electron chi connectivity index (χ2n) is 4.63. The molecule has 2 aromatic rings. The molecule has 0 aliphatic carbocycles. The molecule has 8 heteroatoms. The molecule has 124 valence electrons. The highest BCUT2D eigenvalue weighted by Gasteiger charge is 2.12. The second kappa shape index (κ2) is 7.95. The quantitative estimate of drug-likeness (QED) is 0.612. The van der Waals surface area contributed by atoms with Crippen LogP contribution in [0.2, 0.25) is 0 Å². The van der Waals surface area contributed by atoms with Crippen LogP contribution in [0.3, 0.4) is 0 Å². The van der Waals surface area contributed by atoms with Gasteiger partial charge >= 0.3 is 5.97 Å². The van der Waals surface area contributed by atoms with Crippen molar-refractivity contribution < 1.29 is 19.1 Å². The Morgan fingerprint density at radius 1 is 1.42 bits per heavy atom. The van der Waals surface area contributed by atoms with Gasteiger partial charge in [0.05, 0.1) is 35.2 Å². The van der Waals surface area contributed by atoms with Gasteiger partial charge in [-0.25, -0.2) is 4.79 Å². The van der Waals surface area contributed by atoms with Crippen LogP contribution in [-0.4, -0.2) is 34.4 Å². The minimum Gasteiger partial charge on any atom is -0.465 e. The van der Waals surface area contributed by atoms with E-state index in [0.29, 0.717) is 10.4 Å². The summed E-state index contributed by atoms with van der Waals surface area (Å²) in [4.78, 5) is 38.9. The van der Waals surface area contributed by atoms with Crippen LogP contribution in [0.5, 0.6) is 0 Å². The zero-order chi connectivity index (χ0) is 17.7. The Morgan fingerprint density at radius 3 is 2.79 bits per heavy atom. The highest BCUT2D eigenvalue weighted by molar-refractivity contribution is 8.14. The van der Waals surface area contributed by atoms with Crippen LogP contribution in [-0.2, 0) is 20.9 Å². The van der Waals surface area contributed by atoms with E-state index in [1.54, 1.807) is 22.8 Å². The topological polar surface area (TPSA) is 77.7 Å². The number of terminal acetylenes is 1. The third kappa shape index (κ3) is 4.13. The summed E-state index contributed by atoms with van der Waals surface area (Å²) in [7, 11) is 1.31. The average Bonchev–Trinajstić information content (AvgIpc) is 2.89. The van der Waals surface area contributed by atoms with Crippen LogP contribution in [0, 0.1) is 12.3 Å². The number of nitrogens with zero attached hydrogens (tertiary/aromatic N) is 2. The lowest BCUT2D eigenvalue weighted by molar-refractivity contribution is -0.116. The number of thioether (sulfide) groups is 1. The van der Waals surface area contributed by atoms with Crippen molar-refractivity contribution in [2.24, 2.45) is 4.99 Å². The van der Waals surface area contributed by atoms with Crippen molar-refractivity contribution >= 4 is 50.3 Å². The van der Waals surface area contributed by atoms with Crippen molar-refractivity contribution in [2.45, 2.75) is 13.5 Å². The molecule has 0 N–H and O–H groups in total. The standard InChI is InChI=1S/C16H14N2O4S2/c1-4-7-18-12-6-5-11(15(21)22-3)8-13(12)24-16(18)17-14(20)9-23-10(2)19/h1,5-6,8H,7,9H2,2-3H3. The molecule has 1 amide bonds. The summed E-state index contributed by atoms with van der Waals surface area (Å²) in [5.41, 5.74) is 1.18. The van der Waals surface area contributed by atoms with Gasteiger partial charge in [0.1, 0.15) is 0 Å². The predicted octanol–water partition coefficient (Wildman–Crippen LogP) is 1.83. The minimum absolute atomic E-state index is 0.0208. The predicted molar refractivity (Wildman–Crippen MR) is 93.7 cm³/mol. The van der Waals surface area contributed by atoms with Gasteiger partial charge < -0.3 is 9.30 Å². The Balaban J connectivity index is 2.50. The number of carbonyl (C=O) groups excluding carboxylic acids is 3. The summed E-state index contributed by atoms with van der Waals surface area (Å²) in [5.74, 6) is 1.64. The van der Waals surface area contributed by atoms with Gasteiger partial charge in [0.2, 0.25) is 0 Å². The Labute approximate surface area is 146 Å². The van der Waals surface area contributed by atoms with Crippen molar-refractivity contribution in [3.05, 3.63) is 28.6 Å². The molecule has 0 fully saturated rings. The van der Waals surface area contributed by atoms with E-state index in [1.807, 2.05) is 0 Å². The number of ether oxygens (including phenoxy) is 1. The van der Waals surface area contributed by atoms with Crippen LogP contribution in [0.1, 0.15) is 17.3 Å². The van der Waals surface area contributed by atoms with E-state index in [0.717, 1.165) is 22.0 Å². The fraction of sp³-hybridized carbons (Fsp3) is 0.250. The number of aromatic nitrogens is 1. The molecule has 0 saturated carbocycles. The van der Waals surface area contributed by atoms with Gasteiger partial charge in [0.15, 0.2) is 9.92 Å². The summed E-state index contributed by atoms with van der Waals surface area (Å²) in [6.45, 7) is 1.63. The third-order valence-electron chi connectivity index (χ3n) is 2.97.